The van der Waals surface area contributed by atoms with Crippen LogP contribution in [0.3, 0.4) is 0 Å². The maximum absolute atomic E-state index is 12.1. The number of rotatable bonds is 5. The van der Waals surface area contributed by atoms with Crippen LogP contribution in [-0.2, 0) is 11.2 Å². The molecule has 2 rings (SSSR count). The molecule has 0 spiro atoms. The van der Waals surface area contributed by atoms with Crippen molar-refractivity contribution in [3.05, 3.63) is 29.8 Å². The fourth-order valence-corrected chi connectivity index (χ4v) is 2.35. The molecule has 1 aliphatic heterocycles. The summed E-state index contributed by atoms with van der Waals surface area (Å²) < 4.78 is 5.62. The molecule has 0 aromatic heterocycles. The average Bonchev–Trinajstić information content (AvgIpc) is 2.44. The first-order valence-electron chi connectivity index (χ1n) is 6.94. The van der Waals surface area contributed by atoms with E-state index in [2.05, 4.69) is 12.2 Å². The van der Waals surface area contributed by atoms with Crippen LogP contribution >= 0.6 is 0 Å². The second kappa shape index (κ2) is 6.57. The van der Waals surface area contributed by atoms with Crippen molar-refractivity contribution >= 4 is 5.91 Å². The highest BCUT2D eigenvalue weighted by molar-refractivity contribution is 5.79. The van der Waals surface area contributed by atoms with Gasteiger partial charge in [-0.2, -0.15) is 0 Å². The maximum atomic E-state index is 12.1. The molecule has 0 aliphatic carbocycles. The number of nitrogens with two attached hydrogens (primary N) is 1. The Morgan fingerprint density at radius 2 is 2.32 bits per heavy atom. The van der Waals surface area contributed by atoms with Crippen molar-refractivity contribution in [2.45, 2.75) is 32.2 Å². The molecule has 4 nitrogen and oxygen atoms in total. The Morgan fingerprint density at radius 1 is 1.53 bits per heavy atom. The molecule has 0 radical (unpaired) electrons. The van der Waals surface area contributed by atoms with Crippen molar-refractivity contribution in [1.82, 2.24) is 5.32 Å². The third kappa shape index (κ3) is 3.70. The summed E-state index contributed by atoms with van der Waals surface area (Å²) in [6, 6.07) is 7.92. The molecule has 0 fully saturated rings. The van der Waals surface area contributed by atoms with E-state index in [0.717, 1.165) is 30.6 Å². The molecular weight excluding hydrogens is 240 g/mol. The summed E-state index contributed by atoms with van der Waals surface area (Å²) in [5.74, 6) is 0.832. The van der Waals surface area contributed by atoms with Crippen molar-refractivity contribution in [1.29, 1.82) is 0 Å². The number of hydrogen-bond donors (Lipinski definition) is 2. The molecule has 1 heterocycles. The minimum absolute atomic E-state index is 0.0426. The lowest BCUT2D eigenvalue weighted by molar-refractivity contribution is -0.126. The summed E-state index contributed by atoms with van der Waals surface area (Å²) >= 11 is 0. The van der Waals surface area contributed by atoms with Gasteiger partial charge in [-0.1, -0.05) is 31.5 Å². The maximum Gasteiger partial charge on any atom is 0.226 e. The van der Waals surface area contributed by atoms with Crippen LogP contribution in [0, 0.1) is 5.92 Å². The first-order chi connectivity index (χ1) is 9.20. The molecule has 19 heavy (non-hydrogen) atoms. The molecule has 0 saturated carbocycles. The number of nitrogens with one attached hydrogen (secondary N) is 1. The van der Waals surface area contributed by atoms with Gasteiger partial charge < -0.3 is 15.8 Å². The fraction of sp³-hybridized carbons (Fsp3) is 0.533. The van der Waals surface area contributed by atoms with E-state index in [1.807, 2.05) is 24.3 Å². The quantitative estimate of drug-likeness (QED) is 0.845. The van der Waals surface area contributed by atoms with E-state index in [4.69, 9.17) is 10.5 Å². The van der Waals surface area contributed by atoms with Crippen molar-refractivity contribution in [2.24, 2.45) is 11.7 Å². The summed E-state index contributed by atoms with van der Waals surface area (Å²) in [7, 11) is 0. The van der Waals surface area contributed by atoms with Gasteiger partial charge in [-0.15, -0.1) is 0 Å². The van der Waals surface area contributed by atoms with E-state index in [0.29, 0.717) is 13.2 Å². The highest BCUT2D eigenvalue weighted by atomic mass is 16.5. The number of carbonyl (C=O) groups excluding carboxylic acids is 1. The summed E-state index contributed by atoms with van der Waals surface area (Å²) in [5.41, 5.74) is 7.00. The lowest BCUT2D eigenvalue weighted by Crippen LogP contribution is -2.42. The smallest absolute Gasteiger partial charge is 0.226 e. The predicted molar refractivity (Wildman–Crippen MR) is 75.0 cm³/mol. The van der Waals surface area contributed by atoms with Crippen LogP contribution in [0.2, 0.25) is 0 Å². The van der Waals surface area contributed by atoms with Gasteiger partial charge in [0.25, 0.3) is 0 Å². The van der Waals surface area contributed by atoms with Gasteiger partial charge in [-0.3, -0.25) is 4.79 Å². The number of carbonyl (C=O) groups is 1. The molecule has 104 valence electrons. The summed E-state index contributed by atoms with van der Waals surface area (Å²) in [6.45, 7) is 3.09. The average molecular weight is 262 g/mol. The van der Waals surface area contributed by atoms with Gasteiger partial charge in [-0.05, 0) is 24.5 Å². The van der Waals surface area contributed by atoms with Gasteiger partial charge in [0, 0.05) is 12.6 Å². The lowest BCUT2D eigenvalue weighted by Gasteiger charge is -2.25. The van der Waals surface area contributed by atoms with Crippen LogP contribution in [0.15, 0.2) is 24.3 Å². The minimum atomic E-state index is -0.108. The monoisotopic (exact) mass is 262 g/mol. The zero-order valence-electron chi connectivity index (χ0n) is 11.4. The second-order valence-electron chi connectivity index (χ2n) is 5.11. The molecule has 3 N–H and O–H groups in total. The van der Waals surface area contributed by atoms with Gasteiger partial charge >= 0.3 is 0 Å². The van der Waals surface area contributed by atoms with Crippen molar-refractivity contribution in [2.75, 3.05) is 13.2 Å². The highest BCUT2D eigenvalue weighted by Crippen LogP contribution is 2.26. The highest BCUT2D eigenvalue weighted by Gasteiger charge is 2.25. The molecule has 2 unspecified atom stereocenters. The molecule has 1 amide bonds. The van der Waals surface area contributed by atoms with Gasteiger partial charge in [0.2, 0.25) is 5.91 Å². The van der Waals surface area contributed by atoms with Gasteiger partial charge in [0.1, 0.15) is 12.4 Å². The van der Waals surface area contributed by atoms with Gasteiger partial charge in [-0.25, -0.2) is 0 Å². The third-order valence-corrected chi connectivity index (χ3v) is 3.45. The Hall–Kier alpha value is -1.55. The lowest BCUT2D eigenvalue weighted by atomic mass is 9.96. The Labute approximate surface area is 114 Å². The van der Waals surface area contributed by atoms with E-state index in [-0.39, 0.29) is 17.9 Å². The van der Waals surface area contributed by atoms with E-state index in [1.165, 1.54) is 0 Å². The van der Waals surface area contributed by atoms with Crippen LogP contribution < -0.4 is 15.8 Å². The first-order valence-corrected chi connectivity index (χ1v) is 6.94. The summed E-state index contributed by atoms with van der Waals surface area (Å²) in [4.78, 5) is 12.1. The first kappa shape index (κ1) is 13.9. The minimum Gasteiger partial charge on any atom is -0.492 e. The van der Waals surface area contributed by atoms with Crippen LogP contribution in [0.4, 0.5) is 0 Å². The molecule has 1 aromatic rings. The van der Waals surface area contributed by atoms with Crippen LogP contribution in [0.25, 0.3) is 0 Å². The number of fused-ring (bicyclic) bond motifs is 1. The molecular formula is C15H22N2O2. The van der Waals surface area contributed by atoms with E-state index >= 15 is 0 Å². The second-order valence-corrected chi connectivity index (χ2v) is 5.11. The van der Waals surface area contributed by atoms with Gasteiger partial charge in [0.05, 0.1) is 5.92 Å². The van der Waals surface area contributed by atoms with E-state index in [1.54, 1.807) is 0 Å². The number of para-hydroxylation sites is 1. The van der Waals surface area contributed by atoms with Crippen molar-refractivity contribution in [3.8, 4) is 5.75 Å². The normalized spacial score (nSPS) is 19.2. The summed E-state index contributed by atoms with van der Waals surface area (Å²) in [6.07, 6.45) is 2.71. The molecule has 2 atom stereocenters. The Kier molecular flexibility index (Phi) is 4.80. The Morgan fingerprint density at radius 3 is 3.11 bits per heavy atom. The number of ether oxygens (including phenoxy) is 1. The molecule has 1 aromatic carbocycles. The third-order valence-electron chi connectivity index (χ3n) is 3.45. The largest absolute Gasteiger partial charge is 0.492 e. The number of benzene rings is 1. The van der Waals surface area contributed by atoms with Crippen LogP contribution in [0.1, 0.15) is 25.3 Å². The SMILES string of the molecule is CCCC(N)CNC(=O)C1COc2ccccc2C1. The number of amides is 1. The van der Waals surface area contributed by atoms with Crippen molar-refractivity contribution in [3.63, 3.8) is 0 Å². The summed E-state index contributed by atoms with van der Waals surface area (Å²) in [5, 5.41) is 2.92. The van der Waals surface area contributed by atoms with E-state index in [9.17, 15) is 4.79 Å². The standard InChI is InChI=1S/C15H22N2O2/c1-2-5-13(16)9-17-15(18)12-8-11-6-3-4-7-14(11)19-10-12/h3-4,6-7,12-13H,2,5,8-10,16H2,1H3,(H,17,18). The topological polar surface area (TPSA) is 64.3 Å². The Balaban J connectivity index is 1.85. The van der Waals surface area contributed by atoms with E-state index < -0.39 is 0 Å². The van der Waals surface area contributed by atoms with Crippen LogP contribution in [-0.4, -0.2) is 25.1 Å². The van der Waals surface area contributed by atoms with Crippen molar-refractivity contribution < 1.29 is 9.53 Å². The zero-order valence-corrected chi connectivity index (χ0v) is 11.4. The molecule has 1 aliphatic rings. The van der Waals surface area contributed by atoms with Crippen LogP contribution in [0.5, 0.6) is 5.75 Å². The molecule has 4 heteroatoms. The molecule has 0 saturated heterocycles. The molecule has 0 bridgehead atoms. The predicted octanol–water partition coefficient (Wildman–Crippen LogP) is 1.48. The number of hydrogen-bond acceptors (Lipinski definition) is 3. The van der Waals surface area contributed by atoms with Gasteiger partial charge in [0.15, 0.2) is 0 Å². The zero-order chi connectivity index (χ0) is 13.7. The Bertz CT molecular complexity index is 434. The fourth-order valence-electron chi connectivity index (χ4n) is 2.35.